The van der Waals surface area contributed by atoms with Gasteiger partial charge >= 0.3 is 0 Å². The molecule has 0 saturated carbocycles. The Labute approximate surface area is 161 Å². The number of methoxy groups -OCH3 is 2. The average molecular weight is 392 g/mol. The molecule has 5 nitrogen and oxygen atoms in total. The molecule has 1 saturated heterocycles. The molecular weight excluding hydrogens is 374 g/mol. The summed E-state index contributed by atoms with van der Waals surface area (Å²) in [6.45, 7) is 0.187. The van der Waals surface area contributed by atoms with Gasteiger partial charge in [0.2, 0.25) is 5.91 Å². The lowest BCUT2D eigenvalue weighted by Gasteiger charge is -2.15. The van der Waals surface area contributed by atoms with E-state index in [0.717, 1.165) is 22.9 Å². The Hall–Kier alpha value is -2.18. The second-order valence-corrected chi connectivity index (χ2v) is 7.34. The summed E-state index contributed by atoms with van der Waals surface area (Å²) >= 11 is 7.19. The van der Waals surface area contributed by atoms with Gasteiger partial charge in [-0.05, 0) is 35.7 Å². The van der Waals surface area contributed by atoms with Crippen molar-refractivity contribution in [1.29, 1.82) is 0 Å². The van der Waals surface area contributed by atoms with Crippen LogP contribution < -0.4 is 9.47 Å². The number of rotatable bonds is 6. The fourth-order valence-corrected chi connectivity index (χ4v) is 4.01. The van der Waals surface area contributed by atoms with Crippen LogP contribution in [-0.2, 0) is 17.8 Å². The van der Waals surface area contributed by atoms with E-state index < -0.39 is 5.25 Å². The van der Waals surface area contributed by atoms with E-state index in [1.165, 1.54) is 4.90 Å². The van der Waals surface area contributed by atoms with Crippen molar-refractivity contribution in [3.8, 4) is 11.5 Å². The lowest BCUT2D eigenvalue weighted by Crippen LogP contribution is -2.31. The molecule has 1 fully saturated rings. The summed E-state index contributed by atoms with van der Waals surface area (Å²) in [5, 5.41) is -0.162. The Balaban J connectivity index is 1.74. The Kier molecular flexibility index (Phi) is 5.74. The largest absolute Gasteiger partial charge is 0.493 e. The minimum Gasteiger partial charge on any atom is -0.493 e. The number of nitrogens with zero attached hydrogens (tertiary/aromatic N) is 1. The molecule has 1 aliphatic heterocycles. The van der Waals surface area contributed by atoms with E-state index in [0.29, 0.717) is 22.9 Å². The van der Waals surface area contributed by atoms with Crippen LogP contribution in [0.3, 0.4) is 0 Å². The quantitative estimate of drug-likeness (QED) is 0.739. The number of benzene rings is 2. The number of imide groups is 1. The Morgan fingerprint density at radius 1 is 1.08 bits per heavy atom. The maximum Gasteiger partial charge on any atom is 0.289 e. The van der Waals surface area contributed by atoms with Crippen LogP contribution in [0.15, 0.2) is 42.5 Å². The molecule has 0 unspecified atom stereocenters. The van der Waals surface area contributed by atoms with E-state index in [1.807, 2.05) is 30.3 Å². The van der Waals surface area contributed by atoms with Crippen molar-refractivity contribution >= 4 is 34.5 Å². The molecule has 3 rings (SSSR count). The second kappa shape index (κ2) is 8.01. The molecule has 2 amide bonds. The van der Waals surface area contributed by atoms with Crippen molar-refractivity contribution in [3.63, 3.8) is 0 Å². The molecular formula is C19H18ClNO4S. The van der Waals surface area contributed by atoms with Crippen molar-refractivity contribution in [3.05, 3.63) is 58.6 Å². The molecule has 7 heteroatoms. The first-order valence-electron chi connectivity index (χ1n) is 7.99. The van der Waals surface area contributed by atoms with E-state index in [9.17, 15) is 9.59 Å². The van der Waals surface area contributed by atoms with Gasteiger partial charge in [-0.1, -0.05) is 47.6 Å². The number of amides is 2. The molecule has 0 bridgehead atoms. The highest BCUT2D eigenvalue weighted by atomic mass is 35.5. The molecule has 2 aromatic carbocycles. The van der Waals surface area contributed by atoms with Crippen molar-refractivity contribution in [2.24, 2.45) is 0 Å². The highest BCUT2D eigenvalue weighted by molar-refractivity contribution is 8.15. The third kappa shape index (κ3) is 3.81. The third-order valence-electron chi connectivity index (χ3n) is 4.16. The van der Waals surface area contributed by atoms with Crippen LogP contribution >= 0.6 is 23.4 Å². The predicted molar refractivity (Wildman–Crippen MR) is 102 cm³/mol. The summed E-state index contributed by atoms with van der Waals surface area (Å²) in [6.07, 6.45) is 0.439. The zero-order valence-electron chi connectivity index (χ0n) is 14.4. The minimum atomic E-state index is -0.455. The standard InChI is InChI=1S/C19H18ClNO4S/c1-24-15-8-7-12(9-16(15)25-2)10-17-18(22)21(19(23)26-17)11-13-5-3-4-6-14(13)20/h3-9,17H,10-11H2,1-2H3/t17-/m0/s1. The molecule has 0 N–H and O–H groups in total. The van der Waals surface area contributed by atoms with Gasteiger partial charge in [-0.3, -0.25) is 14.5 Å². The number of carbonyl (C=O) groups is 2. The maximum atomic E-state index is 12.7. The molecule has 2 aromatic rings. The molecule has 0 aromatic heterocycles. The van der Waals surface area contributed by atoms with Crippen LogP contribution in [0.1, 0.15) is 11.1 Å². The second-order valence-electron chi connectivity index (χ2n) is 5.78. The lowest BCUT2D eigenvalue weighted by molar-refractivity contribution is -0.127. The van der Waals surface area contributed by atoms with Crippen LogP contribution in [0.4, 0.5) is 4.79 Å². The van der Waals surface area contributed by atoms with Crippen molar-refractivity contribution < 1.29 is 19.1 Å². The van der Waals surface area contributed by atoms with Gasteiger partial charge in [0.25, 0.3) is 5.24 Å². The molecule has 1 heterocycles. The van der Waals surface area contributed by atoms with Crippen LogP contribution in [0.5, 0.6) is 11.5 Å². The summed E-state index contributed by atoms with van der Waals surface area (Å²) < 4.78 is 10.5. The number of halogens is 1. The number of carbonyl (C=O) groups excluding carboxylic acids is 2. The first-order valence-corrected chi connectivity index (χ1v) is 9.25. The predicted octanol–water partition coefficient (Wildman–Crippen LogP) is 4.16. The van der Waals surface area contributed by atoms with E-state index in [1.54, 1.807) is 26.4 Å². The maximum absolute atomic E-state index is 12.7. The molecule has 136 valence electrons. The Morgan fingerprint density at radius 3 is 2.50 bits per heavy atom. The van der Waals surface area contributed by atoms with Gasteiger partial charge in [0.05, 0.1) is 26.0 Å². The topological polar surface area (TPSA) is 55.8 Å². The number of thioether (sulfide) groups is 1. The Morgan fingerprint density at radius 2 is 1.81 bits per heavy atom. The molecule has 0 radical (unpaired) electrons. The highest BCUT2D eigenvalue weighted by Gasteiger charge is 2.39. The van der Waals surface area contributed by atoms with E-state index in [2.05, 4.69) is 0 Å². The Bertz CT molecular complexity index is 842. The lowest BCUT2D eigenvalue weighted by atomic mass is 10.1. The zero-order chi connectivity index (χ0) is 18.7. The van der Waals surface area contributed by atoms with Crippen LogP contribution in [-0.4, -0.2) is 35.5 Å². The summed E-state index contributed by atoms with van der Waals surface area (Å²) in [5.41, 5.74) is 1.66. The minimum absolute atomic E-state index is 0.187. The smallest absolute Gasteiger partial charge is 0.289 e. The van der Waals surface area contributed by atoms with Gasteiger partial charge in [0, 0.05) is 5.02 Å². The van der Waals surface area contributed by atoms with Gasteiger partial charge in [-0.15, -0.1) is 0 Å². The molecule has 0 spiro atoms. The van der Waals surface area contributed by atoms with E-state index in [4.69, 9.17) is 21.1 Å². The highest BCUT2D eigenvalue weighted by Crippen LogP contribution is 2.34. The average Bonchev–Trinajstić information content (AvgIpc) is 2.90. The molecule has 0 aliphatic carbocycles. The van der Waals surface area contributed by atoms with Gasteiger partial charge in [-0.2, -0.15) is 0 Å². The fraction of sp³-hybridized carbons (Fsp3) is 0.263. The monoisotopic (exact) mass is 391 g/mol. The summed E-state index contributed by atoms with van der Waals surface area (Å²) in [6, 6.07) is 12.7. The number of hydrogen-bond acceptors (Lipinski definition) is 5. The van der Waals surface area contributed by atoms with Gasteiger partial charge < -0.3 is 9.47 Å². The molecule has 1 atom stereocenters. The van der Waals surface area contributed by atoms with Crippen LogP contribution in [0, 0.1) is 0 Å². The fourth-order valence-electron chi connectivity index (χ4n) is 2.79. The first kappa shape index (κ1) is 18.6. The summed E-state index contributed by atoms with van der Waals surface area (Å²) in [7, 11) is 3.13. The van der Waals surface area contributed by atoms with E-state index >= 15 is 0 Å². The number of hydrogen-bond donors (Lipinski definition) is 0. The summed E-state index contributed by atoms with van der Waals surface area (Å²) in [4.78, 5) is 26.3. The van der Waals surface area contributed by atoms with Crippen LogP contribution in [0.25, 0.3) is 0 Å². The van der Waals surface area contributed by atoms with Crippen molar-refractivity contribution in [2.75, 3.05) is 14.2 Å². The third-order valence-corrected chi connectivity index (χ3v) is 5.60. The van der Waals surface area contributed by atoms with Crippen molar-refractivity contribution in [2.45, 2.75) is 18.2 Å². The first-order chi connectivity index (χ1) is 12.5. The van der Waals surface area contributed by atoms with Crippen LogP contribution in [0.2, 0.25) is 5.02 Å². The van der Waals surface area contributed by atoms with E-state index in [-0.39, 0.29) is 17.7 Å². The molecule has 1 aliphatic rings. The SMILES string of the molecule is COc1ccc(C[C@@H]2SC(=O)N(Cc3ccccc3Cl)C2=O)cc1OC. The van der Waals surface area contributed by atoms with Crippen molar-refractivity contribution in [1.82, 2.24) is 4.90 Å². The zero-order valence-corrected chi connectivity index (χ0v) is 16.0. The van der Waals surface area contributed by atoms with Gasteiger partial charge in [0.15, 0.2) is 11.5 Å². The normalized spacial score (nSPS) is 16.9. The summed E-state index contributed by atoms with van der Waals surface area (Å²) in [5.74, 6) is 1.02. The van der Waals surface area contributed by atoms with Gasteiger partial charge in [0.1, 0.15) is 0 Å². The number of ether oxygens (including phenoxy) is 2. The molecule has 26 heavy (non-hydrogen) atoms. The van der Waals surface area contributed by atoms with Gasteiger partial charge in [-0.25, -0.2) is 0 Å².